The second-order valence-corrected chi connectivity index (χ2v) is 9.50. The molecule has 0 radical (unpaired) electrons. The number of nitrogens with zero attached hydrogens (tertiary/aromatic N) is 1. The summed E-state index contributed by atoms with van der Waals surface area (Å²) in [4.78, 5) is 27.6. The Bertz CT molecular complexity index is 993. The van der Waals surface area contributed by atoms with E-state index in [9.17, 15) is 19.1 Å². The minimum atomic E-state index is -1.29. The molecule has 1 heterocycles. The number of carboxylic acids is 1. The number of piperidine rings is 1. The second-order valence-electron chi connectivity index (χ2n) is 9.50. The highest BCUT2D eigenvalue weighted by molar-refractivity contribution is 5.83. The lowest BCUT2D eigenvalue weighted by Gasteiger charge is -2.47. The highest BCUT2D eigenvalue weighted by Gasteiger charge is 2.57. The van der Waals surface area contributed by atoms with E-state index in [-0.39, 0.29) is 17.9 Å². The zero-order valence-corrected chi connectivity index (χ0v) is 19.6. The van der Waals surface area contributed by atoms with Gasteiger partial charge in [-0.25, -0.2) is 9.18 Å². The van der Waals surface area contributed by atoms with E-state index in [1.165, 1.54) is 24.8 Å². The summed E-state index contributed by atoms with van der Waals surface area (Å²) in [6.07, 6.45) is 2.96. The summed E-state index contributed by atoms with van der Waals surface area (Å²) in [5, 5.41) is 13.7. The Morgan fingerprint density at radius 1 is 1.09 bits per heavy atom. The summed E-state index contributed by atoms with van der Waals surface area (Å²) in [7, 11) is 1.30. The van der Waals surface area contributed by atoms with Gasteiger partial charge in [0.25, 0.3) is 0 Å². The Morgan fingerprint density at radius 3 is 2.47 bits per heavy atom. The van der Waals surface area contributed by atoms with Crippen LogP contribution in [-0.2, 0) is 21.5 Å². The molecule has 7 heteroatoms. The molecule has 4 rings (SSSR count). The SMILES string of the molecule is COC(=O)N[C@H]1CCC[C@@H]1[C@](C(=O)O)(c1cccc(F)c1)C1CCN(Cc2ccccc2)CC1. The molecule has 1 aliphatic carbocycles. The standard InChI is InChI=1S/C27H33FN2O4/c1-34-26(33)29-24-12-6-11-23(24)27(25(31)32,21-9-5-10-22(28)17-21)20-13-15-30(16-14-20)18-19-7-3-2-4-8-19/h2-5,7-10,17,20,23-24H,6,11-16,18H2,1H3,(H,29,33)(H,31,32)/t23-,24-,27+/m0/s1. The topological polar surface area (TPSA) is 78.9 Å². The lowest BCUT2D eigenvalue weighted by Crippen LogP contribution is -2.57. The van der Waals surface area contributed by atoms with Crippen LogP contribution >= 0.6 is 0 Å². The number of halogens is 1. The van der Waals surface area contributed by atoms with Crippen molar-refractivity contribution in [1.29, 1.82) is 0 Å². The van der Waals surface area contributed by atoms with Crippen LogP contribution in [-0.4, -0.2) is 48.3 Å². The number of rotatable bonds is 7. The van der Waals surface area contributed by atoms with Crippen LogP contribution in [0.15, 0.2) is 54.6 Å². The zero-order valence-electron chi connectivity index (χ0n) is 19.6. The van der Waals surface area contributed by atoms with Crippen molar-refractivity contribution in [3.8, 4) is 0 Å². The van der Waals surface area contributed by atoms with Gasteiger partial charge in [0.2, 0.25) is 0 Å². The first-order chi connectivity index (χ1) is 16.4. The molecule has 2 aliphatic rings. The van der Waals surface area contributed by atoms with Crippen LogP contribution in [0.5, 0.6) is 0 Å². The number of ether oxygens (including phenoxy) is 1. The van der Waals surface area contributed by atoms with Gasteiger partial charge in [-0.1, -0.05) is 48.9 Å². The molecule has 3 atom stereocenters. The van der Waals surface area contributed by atoms with Crippen LogP contribution in [0.25, 0.3) is 0 Å². The van der Waals surface area contributed by atoms with E-state index in [4.69, 9.17) is 4.74 Å². The largest absolute Gasteiger partial charge is 0.481 e. The van der Waals surface area contributed by atoms with E-state index >= 15 is 0 Å². The first kappa shape index (κ1) is 24.2. The van der Waals surface area contributed by atoms with Crippen LogP contribution in [0.1, 0.15) is 43.2 Å². The zero-order chi connectivity index (χ0) is 24.1. The van der Waals surface area contributed by atoms with Crippen molar-refractivity contribution in [1.82, 2.24) is 10.2 Å². The summed E-state index contributed by atoms with van der Waals surface area (Å²) >= 11 is 0. The third kappa shape index (κ3) is 4.80. The average Bonchev–Trinajstić information content (AvgIpc) is 3.29. The van der Waals surface area contributed by atoms with E-state index in [0.717, 1.165) is 26.1 Å². The second kappa shape index (κ2) is 10.6. The number of alkyl carbamates (subject to hydrolysis) is 1. The van der Waals surface area contributed by atoms with Crippen molar-refractivity contribution in [3.05, 3.63) is 71.5 Å². The average molecular weight is 469 g/mol. The molecule has 2 aromatic carbocycles. The highest BCUT2D eigenvalue weighted by atomic mass is 19.1. The molecule has 1 saturated carbocycles. The van der Waals surface area contributed by atoms with E-state index in [2.05, 4.69) is 22.3 Å². The number of hydrogen-bond acceptors (Lipinski definition) is 4. The van der Waals surface area contributed by atoms with Crippen LogP contribution in [0.4, 0.5) is 9.18 Å². The molecular weight excluding hydrogens is 435 g/mol. The summed E-state index contributed by atoms with van der Waals surface area (Å²) < 4.78 is 19.2. The molecule has 6 nitrogen and oxygen atoms in total. The van der Waals surface area contributed by atoms with Crippen LogP contribution in [0.3, 0.4) is 0 Å². The number of amides is 1. The smallest absolute Gasteiger partial charge is 0.407 e. The Kier molecular flexibility index (Phi) is 7.51. The van der Waals surface area contributed by atoms with Gasteiger partial charge in [0, 0.05) is 12.6 Å². The first-order valence-electron chi connectivity index (χ1n) is 12.0. The third-order valence-electron chi connectivity index (χ3n) is 7.73. The van der Waals surface area contributed by atoms with Gasteiger partial charge in [-0.05, 0) is 73.9 Å². The maximum Gasteiger partial charge on any atom is 0.407 e. The monoisotopic (exact) mass is 468 g/mol. The van der Waals surface area contributed by atoms with Crippen LogP contribution in [0, 0.1) is 17.7 Å². The summed E-state index contributed by atoms with van der Waals surface area (Å²) in [5.41, 5.74) is 0.433. The summed E-state index contributed by atoms with van der Waals surface area (Å²) in [6, 6.07) is 15.9. The Hall–Kier alpha value is -2.93. The lowest BCUT2D eigenvalue weighted by molar-refractivity contribution is -0.151. The van der Waals surface area contributed by atoms with Crippen molar-refractivity contribution in [2.75, 3.05) is 20.2 Å². The van der Waals surface area contributed by atoms with Gasteiger partial charge in [0.1, 0.15) is 11.2 Å². The normalized spacial score (nSPS) is 23.2. The number of carboxylic acid groups (broad SMARTS) is 1. The minimum Gasteiger partial charge on any atom is -0.481 e. The van der Waals surface area contributed by atoms with Crippen LogP contribution < -0.4 is 5.32 Å². The highest BCUT2D eigenvalue weighted by Crippen LogP contribution is 2.51. The summed E-state index contributed by atoms with van der Waals surface area (Å²) in [5.74, 6) is -1.91. The fourth-order valence-electron chi connectivity index (χ4n) is 6.23. The van der Waals surface area contributed by atoms with E-state index < -0.39 is 23.3 Å². The number of nitrogens with one attached hydrogen (secondary N) is 1. The molecule has 1 amide bonds. The number of carbonyl (C=O) groups is 2. The third-order valence-corrected chi connectivity index (χ3v) is 7.73. The molecule has 1 aliphatic heterocycles. The van der Waals surface area contributed by atoms with E-state index in [1.807, 2.05) is 18.2 Å². The van der Waals surface area contributed by atoms with Crippen molar-refractivity contribution in [3.63, 3.8) is 0 Å². The molecule has 182 valence electrons. The van der Waals surface area contributed by atoms with Crippen molar-refractivity contribution in [2.45, 2.75) is 50.1 Å². The maximum atomic E-state index is 14.4. The van der Waals surface area contributed by atoms with Crippen molar-refractivity contribution < 1.29 is 23.8 Å². The number of methoxy groups -OCH3 is 1. The molecule has 2 fully saturated rings. The van der Waals surface area contributed by atoms with Crippen LogP contribution in [0.2, 0.25) is 0 Å². The Balaban J connectivity index is 1.65. The molecule has 0 spiro atoms. The fourth-order valence-corrected chi connectivity index (χ4v) is 6.23. The first-order valence-corrected chi connectivity index (χ1v) is 12.0. The maximum absolute atomic E-state index is 14.4. The van der Waals surface area contributed by atoms with Gasteiger partial charge in [-0.2, -0.15) is 0 Å². The van der Waals surface area contributed by atoms with Gasteiger partial charge in [0.05, 0.1) is 7.11 Å². The number of hydrogen-bond donors (Lipinski definition) is 2. The van der Waals surface area contributed by atoms with E-state index in [0.29, 0.717) is 31.2 Å². The molecule has 2 N–H and O–H groups in total. The molecule has 0 bridgehead atoms. The predicted molar refractivity (Wildman–Crippen MR) is 127 cm³/mol. The van der Waals surface area contributed by atoms with E-state index in [1.54, 1.807) is 12.1 Å². The number of benzene rings is 2. The van der Waals surface area contributed by atoms with Crippen molar-refractivity contribution in [2.24, 2.45) is 11.8 Å². The number of carbonyl (C=O) groups excluding carboxylic acids is 1. The molecule has 0 aromatic heterocycles. The lowest BCUT2D eigenvalue weighted by atomic mass is 9.58. The molecular formula is C27H33FN2O4. The molecule has 0 unspecified atom stereocenters. The number of likely N-dealkylation sites (tertiary alicyclic amines) is 1. The predicted octanol–water partition coefficient (Wildman–Crippen LogP) is 4.59. The quantitative estimate of drug-likeness (QED) is 0.622. The Labute approximate surface area is 200 Å². The Morgan fingerprint density at radius 2 is 1.82 bits per heavy atom. The van der Waals surface area contributed by atoms with Gasteiger partial charge < -0.3 is 15.2 Å². The minimum absolute atomic E-state index is 0.177. The van der Waals surface area contributed by atoms with Gasteiger partial charge in [-0.3, -0.25) is 9.69 Å². The van der Waals surface area contributed by atoms with Gasteiger partial charge >= 0.3 is 12.1 Å². The van der Waals surface area contributed by atoms with Gasteiger partial charge in [-0.15, -0.1) is 0 Å². The molecule has 34 heavy (non-hydrogen) atoms. The number of aliphatic carboxylic acids is 1. The summed E-state index contributed by atoms with van der Waals surface area (Å²) in [6.45, 7) is 2.36. The molecule has 1 saturated heterocycles. The molecule has 2 aromatic rings. The van der Waals surface area contributed by atoms with Crippen molar-refractivity contribution >= 4 is 12.1 Å². The van der Waals surface area contributed by atoms with Gasteiger partial charge in [0.15, 0.2) is 0 Å². The fraction of sp³-hybridized carbons (Fsp3) is 0.481.